The molecule has 1 aromatic carbocycles. The van der Waals surface area contributed by atoms with E-state index in [0.717, 1.165) is 17.0 Å². The molecule has 0 radical (unpaired) electrons. The lowest BCUT2D eigenvalue weighted by molar-refractivity contribution is -0.118. The normalized spacial score (nSPS) is 20.1. The first-order valence-corrected chi connectivity index (χ1v) is 4.04. The van der Waals surface area contributed by atoms with Crippen molar-refractivity contribution in [1.29, 1.82) is 0 Å². The van der Waals surface area contributed by atoms with Gasteiger partial charge in [0.1, 0.15) is 17.7 Å². The van der Waals surface area contributed by atoms with Crippen LogP contribution in [0.1, 0.15) is 11.6 Å². The Bertz CT molecular complexity index is 420. The Kier molecular flexibility index (Phi) is 1.78. The number of hydrogen-bond acceptors (Lipinski definition) is 2. The summed E-state index contributed by atoms with van der Waals surface area (Å²) in [6.45, 7) is 0. The summed E-state index contributed by atoms with van der Waals surface area (Å²) in [4.78, 5) is 12.4. The van der Waals surface area contributed by atoms with Crippen LogP contribution in [0.5, 0.6) is 0 Å². The van der Waals surface area contributed by atoms with Crippen LogP contribution in [0.2, 0.25) is 0 Å². The van der Waals surface area contributed by atoms with Crippen LogP contribution in [0.4, 0.5) is 14.5 Å². The van der Waals surface area contributed by atoms with E-state index < -0.39 is 23.6 Å². The van der Waals surface area contributed by atoms with Gasteiger partial charge < -0.3 is 10.6 Å². The van der Waals surface area contributed by atoms with Crippen molar-refractivity contribution < 1.29 is 13.6 Å². The van der Waals surface area contributed by atoms with Gasteiger partial charge in [0.25, 0.3) is 0 Å². The summed E-state index contributed by atoms with van der Waals surface area (Å²) in [6.07, 6.45) is 0. The van der Waals surface area contributed by atoms with Crippen LogP contribution in [-0.4, -0.2) is 13.0 Å². The Labute approximate surface area is 79.1 Å². The lowest BCUT2D eigenvalue weighted by Crippen LogP contribution is -2.28. The fraction of sp³-hybridized carbons (Fsp3) is 0.222. The molecule has 1 aliphatic heterocycles. The zero-order valence-corrected chi connectivity index (χ0v) is 7.42. The van der Waals surface area contributed by atoms with Gasteiger partial charge in [0, 0.05) is 18.7 Å². The summed E-state index contributed by atoms with van der Waals surface area (Å²) in [5.41, 5.74) is 5.77. The fourth-order valence-corrected chi connectivity index (χ4v) is 1.63. The summed E-state index contributed by atoms with van der Waals surface area (Å²) in [6, 6.07) is 0.866. The molecule has 2 rings (SSSR count). The van der Waals surface area contributed by atoms with Crippen molar-refractivity contribution in [2.75, 3.05) is 11.9 Å². The number of anilines is 1. The molecule has 0 aromatic heterocycles. The Hall–Kier alpha value is -1.49. The molecule has 1 unspecified atom stereocenters. The average molecular weight is 198 g/mol. The van der Waals surface area contributed by atoms with Gasteiger partial charge in [0.2, 0.25) is 5.91 Å². The summed E-state index contributed by atoms with van der Waals surface area (Å²) in [5.74, 6) is -1.91. The molecule has 2 N–H and O–H groups in total. The second kappa shape index (κ2) is 2.75. The van der Waals surface area contributed by atoms with E-state index in [2.05, 4.69) is 0 Å². The summed E-state index contributed by atoms with van der Waals surface area (Å²) in [7, 11) is 1.41. The van der Waals surface area contributed by atoms with E-state index in [1.807, 2.05) is 0 Å². The van der Waals surface area contributed by atoms with Crippen molar-refractivity contribution in [2.45, 2.75) is 6.04 Å². The molecule has 0 saturated heterocycles. The molecule has 0 fully saturated rings. The fourth-order valence-electron chi connectivity index (χ4n) is 1.63. The number of likely N-dealkylation sites (N-methyl/N-ethyl adjacent to an activating group) is 1. The second-order valence-electron chi connectivity index (χ2n) is 3.20. The molecule has 1 heterocycles. The third kappa shape index (κ3) is 1.02. The number of nitrogens with zero attached hydrogens (tertiary/aromatic N) is 1. The smallest absolute Gasteiger partial charge is 0.248 e. The van der Waals surface area contributed by atoms with Crippen molar-refractivity contribution in [1.82, 2.24) is 0 Å². The monoisotopic (exact) mass is 198 g/mol. The number of rotatable bonds is 0. The first-order valence-electron chi connectivity index (χ1n) is 4.04. The third-order valence-electron chi connectivity index (χ3n) is 2.32. The number of carbonyl (C=O) groups is 1. The van der Waals surface area contributed by atoms with Crippen LogP contribution < -0.4 is 10.6 Å². The maximum atomic E-state index is 13.3. The Morgan fingerprint density at radius 2 is 2.07 bits per heavy atom. The van der Waals surface area contributed by atoms with Crippen molar-refractivity contribution in [2.24, 2.45) is 5.73 Å². The molecule has 1 aliphatic rings. The van der Waals surface area contributed by atoms with Gasteiger partial charge in [-0.25, -0.2) is 8.78 Å². The SMILES string of the molecule is CN1C(=O)C(N)c2cc(F)cc(F)c21. The predicted molar refractivity (Wildman–Crippen MR) is 46.7 cm³/mol. The lowest BCUT2D eigenvalue weighted by atomic mass is 10.1. The van der Waals surface area contributed by atoms with Gasteiger partial charge in [0.05, 0.1) is 5.69 Å². The maximum absolute atomic E-state index is 13.3. The van der Waals surface area contributed by atoms with Crippen molar-refractivity contribution in [3.05, 3.63) is 29.3 Å². The number of nitrogens with two attached hydrogens (primary N) is 1. The van der Waals surface area contributed by atoms with Crippen LogP contribution in [0.25, 0.3) is 0 Å². The third-order valence-corrected chi connectivity index (χ3v) is 2.32. The van der Waals surface area contributed by atoms with Crippen LogP contribution in [0.3, 0.4) is 0 Å². The van der Waals surface area contributed by atoms with Crippen molar-refractivity contribution in [3.8, 4) is 0 Å². The number of hydrogen-bond donors (Lipinski definition) is 1. The second-order valence-corrected chi connectivity index (χ2v) is 3.20. The van der Waals surface area contributed by atoms with Gasteiger partial charge in [-0.15, -0.1) is 0 Å². The highest BCUT2D eigenvalue weighted by Crippen LogP contribution is 2.36. The molecule has 1 amide bonds. The Morgan fingerprint density at radius 1 is 1.43 bits per heavy atom. The first kappa shape index (κ1) is 9.08. The number of benzene rings is 1. The molecule has 74 valence electrons. The molecule has 1 atom stereocenters. The molecular formula is C9H8F2N2O. The highest BCUT2D eigenvalue weighted by Gasteiger charge is 2.35. The van der Waals surface area contributed by atoms with Gasteiger partial charge in [-0.2, -0.15) is 0 Å². The highest BCUT2D eigenvalue weighted by atomic mass is 19.1. The van der Waals surface area contributed by atoms with E-state index in [0.29, 0.717) is 0 Å². The zero-order chi connectivity index (χ0) is 10.5. The van der Waals surface area contributed by atoms with Crippen LogP contribution in [0.15, 0.2) is 12.1 Å². The van der Waals surface area contributed by atoms with E-state index in [1.54, 1.807) is 0 Å². The molecule has 14 heavy (non-hydrogen) atoms. The largest absolute Gasteiger partial charge is 0.316 e. The zero-order valence-electron chi connectivity index (χ0n) is 7.42. The van der Waals surface area contributed by atoms with Crippen LogP contribution in [0, 0.1) is 11.6 Å². The summed E-state index contributed by atoms with van der Waals surface area (Å²) in [5, 5.41) is 0. The van der Waals surface area contributed by atoms with Gasteiger partial charge >= 0.3 is 0 Å². The summed E-state index contributed by atoms with van der Waals surface area (Å²) < 4.78 is 26.1. The molecule has 0 aliphatic carbocycles. The number of halogens is 2. The Balaban J connectivity index is 2.69. The standard InChI is InChI=1S/C9H8F2N2O/c1-13-8-5(7(12)9(13)14)2-4(10)3-6(8)11/h2-3,7H,12H2,1H3. The minimum atomic E-state index is -0.958. The predicted octanol–water partition coefficient (Wildman–Crippen LogP) is 0.941. The average Bonchev–Trinajstić information content (AvgIpc) is 2.31. The van der Waals surface area contributed by atoms with E-state index >= 15 is 0 Å². The number of amides is 1. The van der Waals surface area contributed by atoms with E-state index in [4.69, 9.17) is 5.73 Å². The quantitative estimate of drug-likeness (QED) is 0.674. The van der Waals surface area contributed by atoms with Crippen molar-refractivity contribution in [3.63, 3.8) is 0 Å². The minimum absolute atomic E-state index is 0.0731. The van der Waals surface area contributed by atoms with Gasteiger partial charge in [-0.1, -0.05) is 0 Å². The maximum Gasteiger partial charge on any atom is 0.248 e. The number of fused-ring (bicyclic) bond motifs is 1. The van der Waals surface area contributed by atoms with Crippen LogP contribution >= 0.6 is 0 Å². The van der Waals surface area contributed by atoms with E-state index in [-0.39, 0.29) is 11.3 Å². The number of carbonyl (C=O) groups excluding carboxylic acids is 1. The molecule has 0 saturated carbocycles. The van der Waals surface area contributed by atoms with E-state index in [9.17, 15) is 13.6 Å². The minimum Gasteiger partial charge on any atom is -0.316 e. The molecule has 5 heteroatoms. The van der Waals surface area contributed by atoms with Crippen LogP contribution in [-0.2, 0) is 4.79 Å². The molecule has 3 nitrogen and oxygen atoms in total. The van der Waals surface area contributed by atoms with Gasteiger partial charge in [-0.05, 0) is 6.07 Å². The topological polar surface area (TPSA) is 46.3 Å². The van der Waals surface area contributed by atoms with Crippen molar-refractivity contribution >= 4 is 11.6 Å². The highest BCUT2D eigenvalue weighted by molar-refractivity contribution is 6.04. The van der Waals surface area contributed by atoms with E-state index in [1.165, 1.54) is 7.05 Å². The summed E-state index contributed by atoms with van der Waals surface area (Å²) >= 11 is 0. The van der Waals surface area contributed by atoms with Gasteiger partial charge in [-0.3, -0.25) is 4.79 Å². The molecular weight excluding hydrogens is 190 g/mol. The first-order chi connectivity index (χ1) is 6.52. The van der Waals surface area contributed by atoms with Gasteiger partial charge in [0.15, 0.2) is 0 Å². The lowest BCUT2D eigenvalue weighted by Gasteiger charge is -2.10. The molecule has 0 spiro atoms. The molecule has 0 bridgehead atoms. The Morgan fingerprint density at radius 3 is 2.71 bits per heavy atom. The molecule has 1 aromatic rings.